The highest BCUT2D eigenvalue weighted by Gasteiger charge is 2.19. The lowest BCUT2D eigenvalue weighted by Gasteiger charge is -2.27. The summed E-state index contributed by atoms with van der Waals surface area (Å²) >= 11 is 3.44. The molecule has 0 bridgehead atoms. The van der Waals surface area contributed by atoms with Crippen LogP contribution in [0.4, 0.5) is 5.69 Å². The molecule has 0 amide bonds. The predicted octanol–water partition coefficient (Wildman–Crippen LogP) is 3.99. The summed E-state index contributed by atoms with van der Waals surface area (Å²) < 4.78 is 6.84. The van der Waals surface area contributed by atoms with Gasteiger partial charge in [0.1, 0.15) is 12.4 Å². The van der Waals surface area contributed by atoms with Crippen molar-refractivity contribution in [1.82, 2.24) is 0 Å². The zero-order valence-corrected chi connectivity index (χ0v) is 10.8. The van der Waals surface area contributed by atoms with Crippen molar-refractivity contribution in [3.63, 3.8) is 0 Å². The second-order valence-corrected chi connectivity index (χ2v) is 4.97. The van der Waals surface area contributed by atoms with Crippen molar-refractivity contribution < 1.29 is 4.74 Å². The Balaban J connectivity index is 1.86. The summed E-state index contributed by atoms with van der Waals surface area (Å²) in [5.74, 6) is 0.931. The van der Waals surface area contributed by atoms with E-state index >= 15 is 0 Å². The molecular formula is C14H12BrNO. The van der Waals surface area contributed by atoms with E-state index in [4.69, 9.17) is 4.74 Å². The summed E-state index contributed by atoms with van der Waals surface area (Å²) in [5.41, 5.74) is 2.30. The summed E-state index contributed by atoms with van der Waals surface area (Å²) in [6.45, 7) is 0.665. The van der Waals surface area contributed by atoms with Crippen LogP contribution in [0.2, 0.25) is 0 Å². The lowest BCUT2D eigenvalue weighted by atomic mass is 10.1. The van der Waals surface area contributed by atoms with Gasteiger partial charge in [-0.2, -0.15) is 0 Å². The Bertz CT molecular complexity index is 524. The third kappa shape index (κ3) is 2.15. The standard InChI is InChI=1S/C14H12BrNO/c15-11-7-5-10(6-8-11)13-9-17-14-4-2-1-3-12(14)16-13/h1-8,13,16H,9H2. The second kappa shape index (κ2) is 4.41. The lowest BCUT2D eigenvalue weighted by Crippen LogP contribution is -2.23. The maximum atomic E-state index is 5.75. The van der Waals surface area contributed by atoms with E-state index in [9.17, 15) is 0 Å². The van der Waals surface area contributed by atoms with Gasteiger partial charge in [0, 0.05) is 4.47 Å². The Morgan fingerprint density at radius 2 is 1.82 bits per heavy atom. The Hall–Kier alpha value is -1.48. The quantitative estimate of drug-likeness (QED) is 0.857. The average molecular weight is 290 g/mol. The number of ether oxygens (including phenoxy) is 1. The minimum Gasteiger partial charge on any atom is -0.489 e. The first kappa shape index (κ1) is 10.7. The second-order valence-electron chi connectivity index (χ2n) is 4.06. The molecule has 1 aliphatic heterocycles. The number of fused-ring (bicyclic) bond motifs is 1. The molecule has 0 radical (unpaired) electrons. The number of rotatable bonds is 1. The first-order valence-corrected chi connectivity index (χ1v) is 6.36. The van der Waals surface area contributed by atoms with Gasteiger partial charge in [0.25, 0.3) is 0 Å². The van der Waals surface area contributed by atoms with E-state index in [2.05, 4.69) is 45.5 Å². The number of hydrogen-bond donors (Lipinski definition) is 1. The molecule has 1 heterocycles. The monoisotopic (exact) mass is 289 g/mol. The maximum absolute atomic E-state index is 5.75. The van der Waals surface area contributed by atoms with Gasteiger partial charge in [-0.05, 0) is 29.8 Å². The summed E-state index contributed by atoms with van der Waals surface area (Å²) in [5, 5.41) is 3.49. The predicted molar refractivity (Wildman–Crippen MR) is 72.4 cm³/mol. The van der Waals surface area contributed by atoms with Gasteiger partial charge >= 0.3 is 0 Å². The largest absolute Gasteiger partial charge is 0.489 e. The van der Waals surface area contributed by atoms with E-state index in [-0.39, 0.29) is 6.04 Å². The van der Waals surface area contributed by atoms with E-state index in [1.165, 1.54) is 5.56 Å². The molecule has 1 unspecified atom stereocenters. The van der Waals surface area contributed by atoms with Crippen LogP contribution in [0.25, 0.3) is 0 Å². The Morgan fingerprint density at radius 3 is 2.65 bits per heavy atom. The minimum absolute atomic E-state index is 0.220. The van der Waals surface area contributed by atoms with Gasteiger partial charge in [0.2, 0.25) is 0 Å². The van der Waals surface area contributed by atoms with Crippen LogP contribution in [0.1, 0.15) is 11.6 Å². The molecular weight excluding hydrogens is 278 g/mol. The zero-order valence-electron chi connectivity index (χ0n) is 9.19. The molecule has 1 aliphatic rings. The fourth-order valence-electron chi connectivity index (χ4n) is 1.99. The fourth-order valence-corrected chi connectivity index (χ4v) is 2.25. The first-order chi connectivity index (χ1) is 8.33. The Morgan fingerprint density at radius 1 is 1.06 bits per heavy atom. The van der Waals surface area contributed by atoms with Crippen molar-refractivity contribution in [3.8, 4) is 5.75 Å². The maximum Gasteiger partial charge on any atom is 0.142 e. The molecule has 2 aromatic carbocycles. The summed E-state index contributed by atoms with van der Waals surface area (Å²) in [6.07, 6.45) is 0. The molecule has 1 atom stereocenters. The number of nitrogens with one attached hydrogen (secondary N) is 1. The smallest absolute Gasteiger partial charge is 0.142 e. The van der Waals surface area contributed by atoms with Crippen molar-refractivity contribution in [2.45, 2.75) is 6.04 Å². The molecule has 0 fully saturated rings. The number of hydrogen-bond acceptors (Lipinski definition) is 2. The minimum atomic E-state index is 0.220. The SMILES string of the molecule is Brc1ccc(C2COc3ccccc3N2)cc1. The van der Waals surface area contributed by atoms with Gasteiger partial charge in [0.05, 0.1) is 11.7 Å². The third-order valence-electron chi connectivity index (χ3n) is 2.89. The summed E-state index contributed by atoms with van der Waals surface area (Å²) in [6, 6.07) is 16.6. The van der Waals surface area contributed by atoms with Gasteiger partial charge in [0.15, 0.2) is 0 Å². The highest BCUT2D eigenvalue weighted by atomic mass is 79.9. The van der Waals surface area contributed by atoms with Gasteiger partial charge in [-0.1, -0.05) is 40.2 Å². The number of halogens is 1. The Kier molecular flexibility index (Phi) is 2.77. The average Bonchev–Trinajstić information content (AvgIpc) is 2.39. The molecule has 0 aliphatic carbocycles. The number of para-hydroxylation sites is 2. The normalized spacial score (nSPS) is 17.8. The van der Waals surface area contributed by atoms with Crippen LogP contribution in [0.15, 0.2) is 53.0 Å². The van der Waals surface area contributed by atoms with E-state index in [0.717, 1.165) is 15.9 Å². The van der Waals surface area contributed by atoms with E-state index < -0.39 is 0 Å². The molecule has 86 valence electrons. The van der Waals surface area contributed by atoms with Gasteiger partial charge in [-0.25, -0.2) is 0 Å². The third-order valence-corrected chi connectivity index (χ3v) is 3.42. The molecule has 3 rings (SSSR count). The van der Waals surface area contributed by atoms with Gasteiger partial charge < -0.3 is 10.1 Å². The van der Waals surface area contributed by atoms with E-state index in [0.29, 0.717) is 6.61 Å². The molecule has 2 nitrogen and oxygen atoms in total. The van der Waals surface area contributed by atoms with Crippen molar-refractivity contribution >= 4 is 21.6 Å². The topological polar surface area (TPSA) is 21.3 Å². The first-order valence-electron chi connectivity index (χ1n) is 5.57. The van der Waals surface area contributed by atoms with Crippen LogP contribution < -0.4 is 10.1 Å². The highest BCUT2D eigenvalue weighted by Crippen LogP contribution is 2.33. The van der Waals surface area contributed by atoms with Crippen LogP contribution in [0, 0.1) is 0 Å². The highest BCUT2D eigenvalue weighted by molar-refractivity contribution is 9.10. The van der Waals surface area contributed by atoms with Crippen molar-refractivity contribution in [3.05, 3.63) is 58.6 Å². The lowest BCUT2D eigenvalue weighted by molar-refractivity contribution is 0.286. The van der Waals surface area contributed by atoms with E-state index in [1.807, 2.05) is 24.3 Å². The molecule has 3 heteroatoms. The van der Waals surface area contributed by atoms with Crippen molar-refractivity contribution in [2.24, 2.45) is 0 Å². The summed E-state index contributed by atoms with van der Waals surface area (Å²) in [7, 11) is 0. The summed E-state index contributed by atoms with van der Waals surface area (Å²) in [4.78, 5) is 0. The number of benzene rings is 2. The van der Waals surface area contributed by atoms with Crippen LogP contribution in [-0.2, 0) is 0 Å². The molecule has 0 saturated heterocycles. The molecule has 17 heavy (non-hydrogen) atoms. The van der Waals surface area contributed by atoms with Gasteiger partial charge in [-0.3, -0.25) is 0 Å². The molecule has 2 aromatic rings. The van der Waals surface area contributed by atoms with Crippen LogP contribution >= 0.6 is 15.9 Å². The van der Waals surface area contributed by atoms with Crippen LogP contribution in [0.3, 0.4) is 0 Å². The Labute approximate surface area is 109 Å². The molecule has 1 N–H and O–H groups in total. The van der Waals surface area contributed by atoms with Crippen LogP contribution in [0.5, 0.6) is 5.75 Å². The molecule has 0 aromatic heterocycles. The van der Waals surface area contributed by atoms with Crippen molar-refractivity contribution in [2.75, 3.05) is 11.9 Å². The molecule has 0 spiro atoms. The zero-order chi connectivity index (χ0) is 11.7. The van der Waals surface area contributed by atoms with Gasteiger partial charge in [-0.15, -0.1) is 0 Å². The number of anilines is 1. The fraction of sp³-hybridized carbons (Fsp3) is 0.143. The molecule has 0 saturated carbocycles. The van der Waals surface area contributed by atoms with E-state index in [1.54, 1.807) is 0 Å². The van der Waals surface area contributed by atoms with Crippen molar-refractivity contribution in [1.29, 1.82) is 0 Å². The van der Waals surface area contributed by atoms with Crippen LogP contribution in [-0.4, -0.2) is 6.61 Å².